The van der Waals surface area contributed by atoms with E-state index in [1.165, 1.54) is 16.7 Å². The molecule has 2 aromatic carbocycles. The molecule has 2 nitrogen and oxygen atoms in total. The topological polar surface area (TPSA) is 35.2 Å². The van der Waals surface area contributed by atoms with Gasteiger partial charge in [-0.3, -0.25) is 0 Å². The molecule has 0 aliphatic heterocycles. The maximum atomic E-state index is 6.47. The number of rotatable bonds is 2. The molecule has 0 spiro atoms. The molecular weight excluding hydrogens is 234 g/mol. The Labute approximate surface area is 114 Å². The lowest BCUT2D eigenvalue weighted by molar-refractivity contribution is 0.412. The van der Waals surface area contributed by atoms with Crippen LogP contribution in [0.4, 0.5) is 0 Å². The van der Waals surface area contributed by atoms with Crippen LogP contribution in [-0.4, -0.2) is 7.11 Å². The van der Waals surface area contributed by atoms with Crippen LogP contribution in [-0.2, 0) is 6.42 Å². The molecule has 0 bridgehead atoms. The molecule has 1 aliphatic carbocycles. The van der Waals surface area contributed by atoms with Crippen LogP contribution in [0.25, 0.3) is 0 Å². The number of hydrogen-bond acceptors (Lipinski definition) is 2. The number of methoxy groups -OCH3 is 1. The Kier molecular flexibility index (Phi) is 3.26. The van der Waals surface area contributed by atoms with E-state index < -0.39 is 0 Å². The van der Waals surface area contributed by atoms with E-state index in [0.717, 1.165) is 18.6 Å². The van der Waals surface area contributed by atoms with Gasteiger partial charge in [-0.2, -0.15) is 0 Å². The first-order valence-electron chi connectivity index (χ1n) is 6.77. The van der Waals surface area contributed by atoms with E-state index in [4.69, 9.17) is 10.5 Å². The summed E-state index contributed by atoms with van der Waals surface area (Å²) in [7, 11) is 1.70. The molecule has 0 unspecified atom stereocenters. The van der Waals surface area contributed by atoms with Crippen LogP contribution in [0.15, 0.2) is 48.5 Å². The molecule has 0 amide bonds. The van der Waals surface area contributed by atoms with Gasteiger partial charge in [0.05, 0.1) is 7.11 Å². The van der Waals surface area contributed by atoms with Gasteiger partial charge in [-0.1, -0.05) is 36.4 Å². The second-order valence-corrected chi connectivity index (χ2v) is 5.15. The van der Waals surface area contributed by atoms with E-state index in [-0.39, 0.29) is 6.04 Å². The van der Waals surface area contributed by atoms with E-state index in [9.17, 15) is 0 Å². The Morgan fingerprint density at radius 3 is 2.79 bits per heavy atom. The highest BCUT2D eigenvalue weighted by molar-refractivity contribution is 5.39. The van der Waals surface area contributed by atoms with Crippen molar-refractivity contribution >= 4 is 0 Å². The molecule has 0 saturated carbocycles. The lowest BCUT2D eigenvalue weighted by Gasteiger charge is -2.31. The summed E-state index contributed by atoms with van der Waals surface area (Å²) in [6.45, 7) is 0. The fourth-order valence-corrected chi connectivity index (χ4v) is 3.04. The Hall–Kier alpha value is -1.80. The molecule has 0 radical (unpaired) electrons. The zero-order chi connectivity index (χ0) is 13.2. The molecule has 19 heavy (non-hydrogen) atoms. The highest BCUT2D eigenvalue weighted by Crippen LogP contribution is 2.39. The zero-order valence-electron chi connectivity index (χ0n) is 11.2. The second kappa shape index (κ2) is 5.06. The van der Waals surface area contributed by atoms with Gasteiger partial charge in [-0.25, -0.2) is 0 Å². The average molecular weight is 253 g/mol. The van der Waals surface area contributed by atoms with Crippen LogP contribution in [0.2, 0.25) is 0 Å². The fourth-order valence-electron chi connectivity index (χ4n) is 3.04. The average Bonchev–Trinajstić information content (AvgIpc) is 2.48. The highest BCUT2D eigenvalue weighted by atomic mass is 16.5. The molecule has 0 fully saturated rings. The van der Waals surface area contributed by atoms with Crippen LogP contribution in [0.5, 0.6) is 5.75 Å². The summed E-state index contributed by atoms with van der Waals surface area (Å²) < 4.78 is 5.31. The zero-order valence-corrected chi connectivity index (χ0v) is 11.2. The third-order valence-corrected chi connectivity index (χ3v) is 4.09. The first-order valence-corrected chi connectivity index (χ1v) is 6.77. The summed E-state index contributed by atoms with van der Waals surface area (Å²) in [5.74, 6) is 1.29. The highest BCUT2D eigenvalue weighted by Gasteiger charge is 2.27. The summed E-state index contributed by atoms with van der Waals surface area (Å²) in [5, 5.41) is 0. The Morgan fingerprint density at radius 2 is 1.95 bits per heavy atom. The molecule has 2 heteroatoms. The van der Waals surface area contributed by atoms with Crippen molar-refractivity contribution in [1.29, 1.82) is 0 Å². The van der Waals surface area contributed by atoms with E-state index in [1.807, 2.05) is 12.1 Å². The SMILES string of the molecule is COc1cccc([C@H]2CCc3ccccc3[C@@H]2N)c1. The van der Waals surface area contributed by atoms with E-state index in [2.05, 4.69) is 36.4 Å². The van der Waals surface area contributed by atoms with Crippen LogP contribution in [0.1, 0.15) is 35.1 Å². The predicted octanol–water partition coefficient (Wildman–Crippen LogP) is 3.43. The van der Waals surface area contributed by atoms with E-state index in [1.54, 1.807) is 7.11 Å². The van der Waals surface area contributed by atoms with Crippen molar-refractivity contribution in [3.8, 4) is 5.75 Å². The largest absolute Gasteiger partial charge is 0.497 e. The first-order chi connectivity index (χ1) is 9.29. The van der Waals surface area contributed by atoms with E-state index >= 15 is 0 Å². The van der Waals surface area contributed by atoms with Gasteiger partial charge in [0, 0.05) is 12.0 Å². The standard InChI is InChI=1S/C17H19NO/c1-19-14-7-4-6-13(11-14)16-10-9-12-5-2-3-8-15(12)17(16)18/h2-8,11,16-17H,9-10,18H2,1H3/t16-,17+/m1/s1. The summed E-state index contributed by atoms with van der Waals surface area (Å²) in [6, 6.07) is 16.9. The Morgan fingerprint density at radius 1 is 1.11 bits per heavy atom. The van der Waals surface area contributed by atoms with E-state index in [0.29, 0.717) is 5.92 Å². The molecule has 1 aliphatic rings. The van der Waals surface area contributed by atoms with Crippen LogP contribution in [0.3, 0.4) is 0 Å². The normalized spacial score (nSPS) is 21.8. The molecule has 3 rings (SSSR count). The Bertz CT molecular complexity index is 579. The maximum Gasteiger partial charge on any atom is 0.119 e. The van der Waals surface area contributed by atoms with Crippen molar-refractivity contribution in [2.75, 3.05) is 7.11 Å². The molecular formula is C17H19NO. The number of nitrogens with two attached hydrogens (primary N) is 1. The first kappa shape index (κ1) is 12.2. The third-order valence-electron chi connectivity index (χ3n) is 4.09. The fraction of sp³-hybridized carbons (Fsp3) is 0.294. The summed E-state index contributed by atoms with van der Waals surface area (Å²) in [6.07, 6.45) is 2.21. The molecule has 0 heterocycles. The lowest BCUT2D eigenvalue weighted by atomic mass is 9.77. The minimum atomic E-state index is 0.0806. The van der Waals surface area contributed by atoms with Crippen molar-refractivity contribution < 1.29 is 4.74 Å². The summed E-state index contributed by atoms with van der Waals surface area (Å²) in [5.41, 5.74) is 10.4. The van der Waals surface area contributed by atoms with Crippen molar-refractivity contribution in [2.45, 2.75) is 24.8 Å². The number of aryl methyl sites for hydroxylation is 1. The second-order valence-electron chi connectivity index (χ2n) is 5.15. The van der Waals surface area contributed by atoms with Crippen LogP contribution in [0, 0.1) is 0 Å². The molecule has 2 atom stereocenters. The number of fused-ring (bicyclic) bond motifs is 1. The summed E-state index contributed by atoms with van der Waals surface area (Å²) in [4.78, 5) is 0. The smallest absolute Gasteiger partial charge is 0.119 e. The van der Waals surface area contributed by atoms with Gasteiger partial charge < -0.3 is 10.5 Å². The van der Waals surface area contributed by atoms with Crippen LogP contribution >= 0.6 is 0 Å². The molecule has 98 valence electrons. The monoisotopic (exact) mass is 253 g/mol. The quantitative estimate of drug-likeness (QED) is 0.890. The van der Waals surface area contributed by atoms with Gasteiger partial charge in [0.25, 0.3) is 0 Å². The number of benzene rings is 2. The third kappa shape index (κ3) is 2.24. The Balaban J connectivity index is 1.95. The molecule has 0 saturated heterocycles. The van der Waals surface area contributed by atoms with Gasteiger partial charge in [0.15, 0.2) is 0 Å². The van der Waals surface area contributed by atoms with Gasteiger partial charge in [0.2, 0.25) is 0 Å². The molecule has 2 N–H and O–H groups in total. The van der Waals surface area contributed by atoms with Gasteiger partial charge in [-0.05, 0) is 41.7 Å². The molecule has 2 aromatic rings. The maximum absolute atomic E-state index is 6.47. The van der Waals surface area contributed by atoms with Gasteiger partial charge in [-0.15, -0.1) is 0 Å². The summed E-state index contributed by atoms with van der Waals surface area (Å²) >= 11 is 0. The predicted molar refractivity (Wildman–Crippen MR) is 77.4 cm³/mol. The van der Waals surface area contributed by atoms with Gasteiger partial charge in [0.1, 0.15) is 5.75 Å². The van der Waals surface area contributed by atoms with Crippen LogP contribution < -0.4 is 10.5 Å². The van der Waals surface area contributed by atoms with Crippen molar-refractivity contribution in [3.05, 3.63) is 65.2 Å². The number of hydrogen-bond donors (Lipinski definition) is 1. The molecule has 0 aromatic heterocycles. The van der Waals surface area contributed by atoms with Crippen molar-refractivity contribution in [2.24, 2.45) is 5.73 Å². The lowest BCUT2D eigenvalue weighted by Crippen LogP contribution is -2.25. The number of ether oxygens (including phenoxy) is 1. The van der Waals surface area contributed by atoms with Crippen molar-refractivity contribution in [1.82, 2.24) is 0 Å². The minimum Gasteiger partial charge on any atom is -0.497 e. The minimum absolute atomic E-state index is 0.0806. The van der Waals surface area contributed by atoms with Gasteiger partial charge >= 0.3 is 0 Å². The van der Waals surface area contributed by atoms with Crippen molar-refractivity contribution in [3.63, 3.8) is 0 Å².